The van der Waals surface area contributed by atoms with E-state index in [2.05, 4.69) is 35.6 Å². The Hall–Kier alpha value is -3.60. The highest BCUT2D eigenvalue weighted by molar-refractivity contribution is 6.41. The van der Waals surface area contributed by atoms with Gasteiger partial charge in [-0.3, -0.25) is 14.1 Å². The lowest BCUT2D eigenvalue weighted by atomic mass is 9.87. The van der Waals surface area contributed by atoms with Gasteiger partial charge < -0.3 is 19.7 Å². The maximum atomic E-state index is 12.0. The first-order valence-electron chi connectivity index (χ1n) is 13.7. The van der Waals surface area contributed by atoms with Crippen LogP contribution in [0.1, 0.15) is 19.5 Å². The molecule has 0 aliphatic carbocycles. The van der Waals surface area contributed by atoms with Crippen LogP contribution in [0.5, 0.6) is 11.5 Å². The quantitative estimate of drug-likeness (QED) is 0.258. The van der Waals surface area contributed by atoms with E-state index in [1.807, 2.05) is 21.6 Å². The summed E-state index contributed by atoms with van der Waals surface area (Å²) in [5.74, 6) is 1.37. The number of halogens is 2. The maximum absolute atomic E-state index is 12.0. The van der Waals surface area contributed by atoms with Crippen molar-refractivity contribution in [2.75, 3.05) is 59.3 Å². The number of carbonyl (C=O) groups is 1. The number of aromatic nitrogens is 4. The molecule has 4 heterocycles. The molecule has 5 rings (SSSR count). The molecule has 1 amide bonds. The molecule has 1 aromatic carbocycles. The highest BCUT2D eigenvalue weighted by Gasteiger charge is 2.28. The molecule has 0 bridgehead atoms. The predicted octanol–water partition coefficient (Wildman–Crippen LogP) is 5.21. The summed E-state index contributed by atoms with van der Waals surface area (Å²) >= 11 is 13.7. The van der Waals surface area contributed by atoms with Gasteiger partial charge in [-0.2, -0.15) is 4.98 Å². The summed E-state index contributed by atoms with van der Waals surface area (Å²) in [4.78, 5) is 30.5. The molecule has 1 aliphatic rings. The number of anilines is 1. The Morgan fingerprint density at radius 2 is 1.74 bits per heavy atom. The smallest absolute Gasteiger partial charge is 0.246 e. The van der Waals surface area contributed by atoms with Crippen molar-refractivity contribution >= 4 is 51.7 Å². The van der Waals surface area contributed by atoms with E-state index < -0.39 is 0 Å². The van der Waals surface area contributed by atoms with Crippen molar-refractivity contribution in [3.63, 3.8) is 0 Å². The zero-order valence-electron chi connectivity index (χ0n) is 24.5. The third-order valence-corrected chi connectivity index (χ3v) is 8.31. The minimum Gasteiger partial charge on any atom is -0.495 e. The van der Waals surface area contributed by atoms with Crippen LogP contribution in [0, 0.1) is 5.41 Å². The Balaban J connectivity index is 1.57. The van der Waals surface area contributed by atoms with Gasteiger partial charge in [-0.25, -0.2) is 9.97 Å². The number of pyridine rings is 1. The van der Waals surface area contributed by atoms with Crippen molar-refractivity contribution in [3.8, 4) is 22.6 Å². The van der Waals surface area contributed by atoms with E-state index in [0.717, 1.165) is 30.7 Å². The predicted molar refractivity (Wildman–Crippen MR) is 167 cm³/mol. The number of benzene rings is 1. The van der Waals surface area contributed by atoms with Gasteiger partial charge >= 0.3 is 0 Å². The fourth-order valence-corrected chi connectivity index (χ4v) is 6.30. The molecule has 0 saturated carbocycles. The third kappa shape index (κ3) is 5.71. The molecule has 42 heavy (non-hydrogen) atoms. The second kappa shape index (κ2) is 11.9. The summed E-state index contributed by atoms with van der Waals surface area (Å²) in [5.41, 5.74) is 3.43. The lowest BCUT2D eigenvalue weighted by molar-refractivity contribution is -0.127. The number of ether oxygens (including phenoxy) is 2. The zero-order valence-corrected chi connectivity index (χ0v) is 26.0. The van der Waals surface area contributed by atoms with Crippen molar-refractivity contribution in [1.82, 2.24) is 29.2 Å². The standard InChI is InChI=1S/C30H35Cl2N7O3/c1-7-23(40)38-10-8-37(9-11-38)17-30(2,3)14-19-16-39-27-18(15-34-29(33-4)36-27)12-20(28(39)35-19)24-25(31)21(41-5)13-22(42-6)26(24)32/h7,12-13,15-16H,1,8-11,14,17H2,2-6H3,(H,33,34,36). The lowest BCUT2D eigenvalue weighted by Crippen LogP contribution is -2.50. The molecule has 12 heteroatoms. The number of piperazine rings is 1. The molecule has 0 unspecified atom stereocenters. The van der Waals surface area contributed by atoms with E-state index in [-0.39, 0.29) is 11.3 Å². The van der Waals surface area contributed by atoms with E-state index in [1.165, 1.54) is 6.08 Å². The lowest BCUT2D eigenvalue weighted by Gasteiger charge is -2.38. The van der Waals surface area contributed by atoms with Crippen LogP contribution in [0.4, 0.5) is 5.95 Å². The van der Waals surface area contributed by atoms with Crippen LogP contribution < -0.4 is 14.8 Å². The number of hydrogen-bond donors (Lipinski definition) is 1. The molecule has 10 nitrogen and oxygen atoms in total. The van der Waals surface area contributed by atoms with Crippen LogP contribution >= 0.6 is 23.2 Å². The zero-order chi connectivity index (χ0) is 30.2. The van der Waals surface area contributed by atoms with Gasteiger partial charge in [0.15, 0.2) is 5.65 Å². The number of amides is 1. The van der Waals surface area contributed by atoms with Crippen LogP contribution in [0.15, 0.2) is 37.2 Å². The summed E-state index contributed by atoms with van der Waals surface area (Å²) in [7, 11) is 4.88. The molecule has 0 spiro atoms. The van der Waals surface area contributed by atoms with E-state index in [4.69, 9.17) is 42.6 Å². The SMILES string of the molecule is C=CC(=O)N1CCN(CC(C)(C)Cc2cn3c(n2)c(-c2c(Cl)c(OC)cc(OC)c2Cl)cc2cnc(NC)nc23)CC1. The van der Waals surface area contributed by atoms with Gasteiger partial charge in [-0.1, -0.05) is 43.6 Å². The van der Waals surface area contributed by atoms with Crippen LogP contribution in [-0.2, 0) is 11.2 Å². The summed E-state index contributed by atoms with van der Waals surface area (Å²) in [6.45, 7) is 12.0. The number of rotatable bonds is 9. The molecular formula is C30H35Cl2N7O3. The Labute approximate surface area is 255 Å². The molecule has 3 aromatic heterocycles. The summed E-state index contributed by atoms with van der Waals surface area (Å²) in [6, 6.07) is 3.61. The first kappa shape index (κ1) is 29.9. The minimum atomic E-state index is -0.0991. The Morgan fingerprint density at radius 1 is 1.07 bits per heavy atom. The Bertz CT molecular complexity index is 1630. The van der Waals surface area contributed by atoms with Crippen LogP contribution in [0.2, 0.25) is 10.0 Å². The van der Waals surface area contributed by atoms with Gasteiger partial charge in [0, 0.05) is 74.7 Å². The molecule has 1 N–H and O–H groups in total. The van der Waals surface area contributed by atoms with Crippen molar-refractivity contribution in [1.29, 1.82) is 0 Å². The fourth-order valence-electron chi connectivity index (χ4n) is 5.60. The second-order valence-electron chi connectivity index (χ2n) is 11.1. The molecular weight excluding hydrogens is 577 g/mol. The number of carbonyl (C=O) groups excluding carboxylic acids is 1. The highest BCUT2D eigenvalue weighted by Crippen LogP contribution is 2.47. The van der Waals surface area contributed by atoms with E-state index >= 15 is 0 Å². The van der Waals surface area contributed by atoms with Crippen LogP contribution in [0.3, 0.4) is 0 Å². The molecule has 4 aromatic rings. The number of nitrogens with zero attached hydrogens (tertiary/aromatic N) is 6. The van der Waals surface area contributed by atoms with Crippen molar-refractivity contribution in [3.05, 3.63) is 52.9 Å². The average Bonchev–Trinajstić information content (AvgIpc) is 3.40. The molecule has 222 valence electrons. The largest absolute Gasteiger partial charge is 0.495 e. The average molecular weight is 613 g/mol. The normalized spacial score (nSPS) is 14.4. The van der Waals surface area contributed by atoms with Gasteiger partial charge in [-0.05, 0) is 24.0 Å². The van der Waals surface area contributed by atoms with Gasteiger partial charge in [-0.15, -0.1) is 0 Å². The van der Waals surface area contributed by atoms with Gasteiger partial charge in [0.25, 0.3) is 0 Å². The van der Waals surface area contributed by atoms with Crippen LogP contribution in [0.25, 0.3) is 27.8 Å². The maximum Gasteiger partial charge on any atom is 0.246 e. The third-order valence-electron chi connectivity index (χ3n) is 7.56. The van der Waals surface area contributed by atoms with Crippen molar-refractivity contribution in [2.45, 2.75) is 20.3 Å². The first-order chi connectivity index (χ1) is 20.1. The summed E-state index contributed by atoms with van der Waals surface area (Å²) in [6.07, 6.45) is 5.88. The Kier molecular flexibility index (Phi) is 8.50. The Morgan fingerprint density at radius 3 is 2.33 bits per heavy atom. The number of nitrogens with one attached hydrogen (secondary N) is 1. The van der Waals surface area contributed by atoms with Crippen molar-refractivity contribution in [2.24, 2.45) is 5.41 Å². The van der Waals surface area contributed by atoms with Gasteiger partial charge in [0.1, 0.15) is 17.1 Å². The number of hydrogen-bond acceptors (Lipinski definition) is 8. The van der Waals surface area contributed by atoms with E-state index in [1.54, 1.807) is 33.5 Å². The van der Waals surface area contributed by atoms with Gasteiger partial charge in [0.2, 0.25) is 11.9 Å². The topological polar surface area (TPSA) is 97.1 Å². The molecule has 1 fully saturated rings. The molecule has 0 radical (unpaired) electrons. The van der Waals surface area contributed by atoms with Gasteiger partial charge in [0.05, 0.1) is 30.0 Å². The fraction of sp³-hybridized carbons (Fsp3) is 0.400. The van der Waals surface area contributed by atoms with Crippen molar-refractivity contribution < 1.29 is 14.3 Å². The second-order valence-corrected chi connectivity index (χ2v) is 11.9. The number of imidazole rings is 1. The summed E-state index contributed by atoms with van der Waals surface area (Å²) < 4.78 is 13.1. The molecule has 0 atom stereocenters. The van der Waals surface area contributed by atoms with E-state index in [9.17, 15) is 4.79 Å². The van der Waals surface area contributed by atoms with Crippen LogP contribution in [-0.4, -0.2) is 89.1 Å². The molecule has 1 saturated heterocycles. The monoisotopic (exact) mass is 611 g/mol. The summed E-state index contributed by atoms with van der Waals surface area (Å²) in [5, 5.41) is 4.52. The highest BCUT2D eigenvalue weighted by atomic mass is 35.5. The van der Waals surface area contributed by atoms with E-state index in [0.29, 0.717) is 69.4 Å². The molecule has 1 aliphatic heterocycles. The number of methoxy groups -OCH3 is 2. The minimum absolute atomic E-state index is 0.0132. The number of fused-ring (bicyclic) bond motifs is 3. The first-order valence-corrected chi connectivity index (χ1v) is 14.4.